The van der Waals surface area contributed by atoms with Gasteiger partial charge in [0.25, 0.3) is 0 Å². The van der Waals surface area contributed by atoms with Crippen LogP contribution in [0.1, 0.15) is 0 Å². The Kier molecular flexibility index (Phi) is 4.39. The second kappa shape index (κ2) is 5.90. The van der Waals surface area contributed by atoms with Gasteiger partial charge in [-0.15, -0.1) is 6.42 Å². The summed E-state index contributed by atoms with van der Waals surface area (Å²) in [5, 5.41) is 0. The van der Waals surface area contributed by atoms with Gasteiger partial charge < -0.3 is 15.2 Å². The van der Waals surface area contributed by atoms with Gasteiger partial charge in [0.1, 0.15) is 19.0 Å². The van der Waals surface area contributed by atoms with Crippen molar-refractivity contribution in [3.63, 3.8) is 0 Å². The summed E-state index contributed by atoms with van der Waals surface area (Å²) in [5.74, 6) is 3.16. The first-order valence-corrected chi connectivity index (χ1v) is 4.32. The lowest BCUT2D eigenvalue weighted by atomic mass is 10.3. The van der Waals surface area contributed by atoms with Crippen molar-refractivity contribution in [1.82, 2.24) is 0 Å². The smallest absolute Gasteiger partial charge is 0.119 e. The Morgan fingerprint density at radius 1 is 1.21 bits per heavy atom. The van der Waals surface area contributed by atoms with Crippen LogP contribution in [0.25, 0.3) is 0 Å². The van der Waals surface area contributed by atoms with Crippen LogP contribution in [0.15, 0.2) is 24.3 Å². The number of hydrogen-bond donors (Lipinski definition) is 1. The lowest BCUT2D eigenvalue weighted by Gasteiger charge is -2.05. The summed E-state index contributed by atoms with van der Waals surface area (Å²) in [6.45, 7) is 1.31. The number of nitrogens with two attached hydrogens (primary N) is 1. The Balaban J connectivity index is 2.19. The number of rotatable bonds is 5. The molecule has 0 fully saturated rings. The summed E-state index contributed by atoms with van der Waals surface area (Å²) >= 11 is 0. The Hall–Kier alpha value is -1.66. The fourth-order valence-corrected chi connectivity index (χ4v) is 0.914. The van der Waals surface area contributed by atoms with Crippen LogP contribution in [0.3, 0.4) is 0 Å². The summed E-state index contributed by atoms with van der Waals surface area (Å²) in [6, 6.07) is 7.21. The molecule has 3 nitrogen and oxygen atoms in total. The van der Waals surface area contributed by atoms with Gasteiger partial charge in [-0.3, -0.25) is 0 Å². The van der Waals surface area contributed by atoms with Gasteiger partial charge in [0.05, 0.1) is 6.61 Å². The van der Waals surface area contributed by atoms with Gasteiger partial charge >= 0.3 is 0 Å². The minimum absolute atomic E-state index is 0.325. The number of hydrogen-bond acceptors (Lipinski definition) is 3. The van der Waals surface area contributed by atoms with E-state index in [0.29, 0.717) is 19.8 Å². The zero-order valence-electron chi connectivity index (χ0n) is 7.90. The molecule has 1 aromatic rings. The highest BCUT2D eigenvalue weighted by Crippen LogP contribution is 2.12. The molecule has 0 atom stereocenters. The zero-order valence-corrected chi connectivity index (χ0v) is 7.90. The van der Waals surface area contributed by atoms with E-state index in [4.69, 9.17) is 21.6 Å². The number of nitrogen functional groups attached to an aromatic ring is 1. The number of ether oxygens (including phenoxy) is 2. The summed E-state index contributed by atoms with van der Waals surface area (Å²) < 4.78 is 10.4. The molecule has 0 amide bonds. The fourth-order valence-electron chi connectivity index (χ4n) is 0.914. The zero-order chi connectivity index (χ0) is 10.2. The van der Waals surface area contributed by atoms with Crippen molar-refractivity contribution in [3.8, 4) is 18.1 Å². The molecule has 1 aromatic carbocycles. The van der Waals surface area contributed by atoms with E-state index in [9.17, 15) is 0 Å². The first-order valence-electron chi connectivity index (χ1n) is 4.32. The van der Waals surface area contributed by atoms with Crippen LogP contribution in [-0.2, 0) is 4.74 Å². The van der Waals surface area contributed by atoms with Gasteiger partial charge in [-0.1, -0.05) is 5.92 Å². The SMILES string of the molecule is C#CCOCCOc1ccc(N)cc1. The molecule has 0 aliphatic heterocycles. The topological polar surface area (TPSA) is 44.5 Å². The molecule has 0 heterocycles. The average molecular weight is 191 g/mol. The average Bonchev–Trinajstić information content (AvgIpc) is 2.21. The molecule has 0 unspecified atom stereocenters. The van der Waals surface area contributed by atoms with Crippen LogP contribution in [0, 0.1) is 12.3 Å². The van der Waals surface area contributed by atoms with Crippen LogP contribution in [0.2, 0.25) is 0 Å². The molecule has 1 rings (SSSR count). The maximum absolute atomic E-state index is 5.52. The van der Waals surface area contributed by atoms with Crippen molar-refractivity contribution in [2.45, 2.75) is 0 Å². The second-order valence-electron chi connectivity index (χ2n) is 2.67. The predicted octanol–water partition coefficient (Wildman–Crippen LogP) is 1.30. The normalized spacial score (nSPS) is 9.36. The van der Waals surface area contributed by atoms with E-state index >= 15 is 0 Å². The highest BCUT2D eigenvalue weighted by atomic mass is 16.5. The molecule has 0 bridgehead atoms. The van der Waals surface area contributed by atoms with Crippen molar-refractivity contribution in [2.75, 3.05) is 25.6 Å². The van der Waals surface area contributed by atoms with E-state index in [1.165, 1.54) is 0 Å². The third-order valence-electron chi connectivity index (χ3n) is 1.56. The Morgan fingerprint density at radius 2 is 1.93 bits per heavy atom. The Labute approximate surface area is 83.8 Å². The minimum Gasteiger partial charge on any atom is -0.491 e. The highest BCUT2D eigenvalue weighted by Gasteiger charge is 1.92. The number of benzene rings is 1. The minimum atomic E-state index is 0.325. The molecule has 0 aliphatic carbocycles. The lowest BCUT2D eigenvalue weighted by molar-refractivity contribution is 0.124. The van der Waals surface area contributed by atoms with E-state index in [1.807, 2.05) is 12.1 Å². The van der Waals surface area contributed by atoms with Crippen LogP contribution in [-0.4, -0.2) is 19.8 Å². The molecule has 0 aromatic heterocycles. The third kappa shape index (κ3) is 3.83. The quantitative estimate of drug-likeness (QED) is 0.433. The van der Waals surface area contributed by atoms with Gasteiger partial charge in [-0.05, 0) is 24.3 Å². The van der Waals surface area contributed by atoms with Crippen molar-refractivity contribution in [3.05, 3.63) is 24.3 Å². The summed E-state index contributed by atoms with van der Waals surface area (Å²) in [6.07, 6.45) is 5.01. The maximum Gasteiger partial charge on any atom is 0.119 e. The molecule has 2 N–H and O–H groups in total. The van der Waals surface area contributed by atoms with Gasteiger partial charge in [0.15, 0.2) is 0 Å². The molecule has 14 heavy (non-hydrogen) atoms. The van der Waals surface area contributed by atoms with Gasteiger partial charge in [-0.2, -0.15) is 0 Å². The lowest BCUT2D eigenvalue weighted by Crippen LogP contribution is -2.06. The summed E-state index contributed by atoms with van der Waals surface area (Å²) in [7, 11) is 0. The molecule has 0 radical (unpaired) electrons. The molecule has 3 heteroatoms. The van der Waals surface area contributed by atoms with Crippen LogP contribution < -0.4 is 10.5 Å². The van der Waals surface area contributed by atoms with Crippen LogP contribution in [0.4, 0.5) is 5.69 Å². The molecular formula is C11H13NO2. The Morgan fingerprint density at radius 3 is 2.57 bits per heavy atom. The summed E-state index contributed by atoms with van der Waals surface area (Å²) in [4.78, 5) is 0. The first-order chi connectivity index (χ1) is 6.83. The molecular weight excluding hydrogens is 178 g/mol. The van der Waals surface area contributed by atoms with Crippen molar-refractivity contribution < 1.29 is 9.47 Å². The molecule has 0 saturated heterocycles. The van der Waals surface area contributed by atoms with E-state index in [-0.39, 0.29) is 0 Å². The number of anilines is 1. The van der Waals surface area contributed by atoms with Gasteiger partial charge in [0, 0.05) is 5.69 Å². The standard InChI is InChI=1S/C11H13NO2/c1-2-7-13-8-9-14-11-5-3-10(12)4-6-11/h1,3-6H,7-9,12H2. The molecule has 0 aliphatic rings. The van der Waals surface area contributed by atoms with Crippen molar-refractivity contribution in [1.29, 1.82) is 0 Å². The van der Waals surface area contributed by atoms with E-state index in [2.05, 4.69) is 5.92 Å². The first kappa shape index (κ1) is 10.4. The van der Waals surface area contributed by atoms with E-state index in [0.717, 1.165) is 11.4 Å². The van der Waals surface area contributed by atoms with Crippen molar-refractivity contribution in [2.24, 2.45) is 0 Å². The fraction of sp³-hybridized carbons (Fsp3) is 0.273. The van der Waals surface area contributed by atoms with Gasteiger partial charge in [-0.25, -0.2) is 0 Å². The maximum atomic E-state index is 5.52. The molecule has 0 saturated carbocycles. The number of terminal acetylenes is 1. The molecule has 74 valence electrons. The third-order valence-corrected chi connectivity index (χ3v) is 1.56. The van der Waals surface area contributed by atoms with E-state index in [1.54, 1.807) is 12.1 Å². The van der Waals surface area contributed by atoms with Crippen molar-refractivity contribution >= 4 is 5.69 Å². The van der Waals surface area contributed by atoms with E-state index < -0.39 is 0 Å². The largest absolute Gasteiger partial charge is 0.491 e. The monoisotopic (exact) mass is 191 g/mol. The van der Waals surface area contributed by atoms with Gasteiger partial charge in [0.2, 0.25) is 0 Å². The Bertz CT molecular complexity index is 300. The van der Waals surface area contributed by atoms with Crippen LogP contribution >= 0.6 is 0 Å². The van der Waals surface area contributed by atoms with Crippen LogP contribution in [0.5, 0.6) is 5.75 Å². The summed E-state index contributed by atoms with van der Waals surface area (Å²) in [5.41, 5.74) is 6.24. The predicted molar refractivity (Wildman–Crippen MR) is 56.0 cm³/mol. The molecule has 0 spiro atoms. The highest BCUT2D eigenvalue weighted by molar-refractivity contribution is 5.41. The second-order valence-corrected chi connectivity index (χ2v) is 2.67.